The maximum atomic E-state index is 12.7. The number of quaternary nitrogens is 1. The predicted octanol–water partition coefficient (Wildman–Crippen LogP) is 12.5. The van der Waals surface area contributed by atoms with E-state index in [1.54, 1.807) is 0 Å². The predicted molar refractivity (Wildman–Crippen MR) is 247 cm³/mol. The molecule has 0 aliphatic heterocycles. The van der Waals surface area contributed by atoms with Gasteiger partial charge in [-0.3, -0.25) is 9.59 Å². The van der Waals surface area contributed by atoms with Crippen molar-refractivity contribution in [3.8, 4) is 0 Å². The largest absolute Gasteiger partial charge is 0.477 e. The van der Waals surface area contributed by atoms with Crippen LogP contribution in [-0.2, 0) is 28.6 Å². The number of unbranched alkanes of at least 4 members (excludes halogenated alkanes) is 6. The number of carboxylic acids is 1. The Morgan fingerprint density at radius 3 is 1.29 bits per heavy atom. The molecule has 0 heterocycles. The van der Waals surface area contributed by atoms with E-state index < -0.39 is 18.1 Å². The van der Waals surface area contributed by atoms with Gasteiger partial charge in [0.1, 0.15) is 6.61 Å². The summed E-state index contributed by atoms with van der Waals surface area (Å²) in [5, 5.41) is 9.62. The van der Waals surface area contributed by atoms with Crippen LogP contribution >= 0.6 is 0 Å². The van der Waals surface area contributed by atoms with E-state index in [0.717, 1.165) is 103 Å². The van der Waals surface area contributed by atoms with Crippen LogP contribution in [0, 0.1) is 0 Å². The first kappa shape index (κ1) is 55.0. The smallest absolute Gasteiger partial charge is 0.362 e. The van der Waals surface area contributed by atoms with Crippen molar-refractivity contribution in [1.82, 2.24) is 0 Å². The van der Waals surface area contributed by atoms with Crippen LogP contribution in [0.3, 0.4) is 0 Å². The minimum atomic E-state index is -0.891. The highest BCUT2D eigenvalue weighted by atomic mass is 16.6. The lowest BCUT2D eigenvalue weighted by Crippen LogP contribution is -2.50. The standard InChI is InChI=1S/C51H81NO7/c1-6-8-10-12-14-16-18-20-22-24-25-26-28-29-31-33-35-37-39-41-49(53)58-46-47(45-57-44-43-48(51(55)56)52(3,4)5)59-50(54)42-40-38-36-34-32-30-27-23-21-19-17-15-13-11-9-7-2/h8-11,14-17,20-23,25-26,29-32,47-48H,6-7,12-13,18-19,24,27-28,33-46H2,1-5H3/p+1/b10-8+,11-9+,16-14+,17-15+,22-20+,23-21+,26-25+,31-29+,32-30+. The van der Waals surface area contributed by atoms with Gasteiger partial charge in [0.2, 0.25) is 0 Å². The average molecular weight is 821 g/mol. The zero-order valence-corrected chi connectivity index (χ0v) is 37.7. The second kappa shape index (κ2) is 40.8. The molecule has 0 aliphatic rings. The number of carbonyl (C=O) groups is 3. The molecule has 2 unspecified atom stereocenters. The van der Waals surface area contributed by atoms with E-state index in [4.69, 9.17) is 14.2 Å². The van der Waals surface area contributed by atoms with Crippen molar-refractivity contribution in [2.45, 2.75) is 154 Å². The number of ether oxygens (including phenoxy) is 3. The molecule has 8 nitrogen and oxygen atoms in total. The molecule has 0 amide bonds. The van der Waals surface area contributed by atoms with Gasteiger partial charge in [0.15, 0.2) is 12.1 Å². The van der Waals surface area contributed by atoms with Gasteiger partial charge in [0, 0.05) is 19.3 Å². The Morgan fingerprint density at radius 1 is 0.508 bits per heavy atom. The van der Waals surface area contributed by atoms with Crippen LogP contribution in [0.25, 0.3) is 0 Å². The van der Waals surface area contributed by atoms with E-state index in [0.29, 0.717) is 19.3 Å². The van der Waals surface area contributed by atoms with Crippen molar-refractivity contribution in [2.24, 2.45) is 0 Å². The molecule has 59 heavy (non-hydrogen) atoms. The van der Waals surface area contributed by atoms with Gasteiger partial charge in [-0.15, -0.1) is 0 Å². The summed E-state index contributed by atoms with van der Waals surface area (Å²) >= 11 is 0. The molecule has 332 valence electrons. The minimum absolute atomic E-state index is 0.0293. The van der Waals surface area contributed by atoms with Crippen LogP contribution in [0.15, 0.2) is 109 Å². The van der Waals surface area contributed by atoms with Crippen LogP contribution in [0.2, 0.25) is 0 Å². The Hall–Kier alpha value is -4.01. The first-order chi connectivity index (χ1) is 28.6. The Labute approximate surface area is 359 Å². The minimum Gasteiger partial charge on any atom is -0.477 e. The summed E-state index contributed by atoms with van der Waals surface area (Å²) in [5.41, 5.74) is 0. The zero-order chi connectivity index (χ0) is 43.5. The molecule has 0 radical (unpaired) electrons. The Bertz CT molecular complexity index is 1330. The number of allylic oxidation sites excluding steroid dienone is 18. The number of esters is 2. The molecule has 8 heteroatoms. The third-order valence-corrected chi connectivity index (χ3v) is 9.17. The molecule has 0 saturated carbocycles. The summed E-state index contributed by atoms with van der Waals surface area (Å²) in [6.45, 7) is 4.41. The maximum Gasteiger partial charge on any atom is 0.362 e. The lowest BCUT2D eigenvalue weighted by atomic mass is 10.1. The first-order valence-electron chi connectivity index (χ1n) is 22.4. The second-order valence-electron chi connectivity index (χ2n) is 15.5. The molecule has 0 aromatic rings. The van der Waals surface area contributed by atoms with Gasteiger partial charge in [-0.2, -0.15) is 0 Å². The highest BCUT2D eigenvalue weighted by molar-refractivity contribution is 5.72. The Balaban J connectivity index is 4.48. The Kier molecular flexibility index (Phi) is 38.0. The topological polar surface area (TPSA) is 99.1 Å². The van der Waals surface area contributed by atoms with Gasteiger partial charge in [-0.25, -0.2) is 4.79 Å². The second-order valence-corrected chi connectivity index (χ2v) is 15.5. The number of hydrogen-bond acceptors (Lipinski definition) is 6. The molecule has 0 aromatic heterocycles. The third-order valence-electron chi connectivity index (χ3n) is 9.17. The molecular weight excluding hydrogens is 739 g/mol. The maximum absolute atomic E-state index is 12.7. The summed E-state index contributed by atoms with van der Waals surface area (Å²) in [7, 11) is 5.49. The third kappa shape index (κ3) is 39.2. The van der Waals surface area contributed by atoms with Crippen molar-refractivity contribution in [3.05, 3.63) is 109 Å². The summed E-state index contributed by atoms with van der Waals surface area (Å²) in [6.07, 6.45) is 55.6. The molecule has 0 fully saturated rings. The summed E-state index contributed by atoms with van der Waals surface area (Å²) in [6, 6.07) is -0.633. The van der Waals surface area contributed by atoms with E-state index >= 15 is 0 Å². The fraction of sp³-hybridized carbons (Fsp3) is 0.588. The number of aliphatic carboxylic acids is 1. The molecule has 0 aromatic carbocycles. The molecular formula is C51H82NO7+. The van der Waals surface area contributed by atoms with Crippen molar-refractivity contribution in [1.29, 1.82) is 0 Å². The molecule has 2 atom stereocenters. The average Bonchev–Trinajstić information content (AvgIpc) is 3.19. The molecule has 0 bridgehead atoms. The number of hydrogen-bond donors (Lipinski definition) is 1. The van der Waals surface area contributed by atoms with Crippen LogP contribution in [0.5, 0.6) is 0 Å². The number of likely N-dealkylation sites (N-methyl/N-ethyl adjacent to an activating group) is 1. The van der Waals surface area contributed by atoms with Gasteiger partial charge < -0.3 is 23.8 Å². The van der Waals surface area contributed by atoms with Gasteiger partial charge in [0.25, 0.3) is 0 Å². The SMILES string of the molecule is CC/C=C/C/C=C/C/C=C/C/C=C/C/C=C/CCCCCC(=O)OCC(COCCC(C(=O)O)[N+](C)(C)C)OC(=O)CCCCC/C=C/C/C=C/C/C=C/C/C=C/CC. The normalized spacial score (nSPS) is 14.0. The molecule has 0 rings (SSSR count). The molecule has 0 spiro atoms. The van der Waals surface area contributed by atoms with Gasteiger partial charge in [-0.1, -0.05) is 136 Å². The van der Waals surface area contributed by atoms with Crippen molar-refractivity contribution in [2.75, 3.05) is 41.0 Å². The van der Waals surface area contributed by atoms with Crippen LogP contribution in [-0.4, -0.2) is 80.6 Å². The zero-order valence-electron chi connectivity index (χ0n) is 37.7. The highest BCUT2D eigenvalue weighted by Crippen LogP contribution is 2.11. The van der Waals surface area contributed by atoms with Crippen LogP contribution < -0.4 is 0 Å². The lowest BCUT2D eigenvalue weighted by Gasteiger charge is -2.31. The quantitative estimate of drug-likeness (QED) is 0.0287. The van der Waals surface area contributed by atoms with E-state index in [9.17, 15) is 19.5 Å². The van der Waals surface area contributed by atoms with Crippen molar-refractivity contribution < 1.29 is 38.2 Å². The van der Waals surface area contributed by atoms with Crippen molar-refractivity contribution in [3.63, 3.8) is 0 Å². The lowest BCUT2D eigenvalue weighted by molar-refractivity contribution is -0.887. The fourth-order valence-electron chi connectivity index (χ4n) is 5.75. The van der Waals surface area contributed by atoms with Gasteiger partial charge in [0.05, 0.1) is 34.4 Å². The molecule has 0 saturated heterocycles. The van der Waals surface area contributed by atoms with E-state index in [1.165, 1.54) is 0 Å². The number of carboxylic acid groups (broad SMARTS) is 1. The van der Waals surface area contributed by atoms with Crippen LogP contribution in [0.1, 0.15) is 142 Å². The number of nitrogens with zero attached hydrogens (tertiary/aromatic N) is 1. The first-order valence-corrected chi connectivity index (χ1v) is 22.4. The molecule has 0 aliphatic carbocycles. The van der Waals surface area contributed by atoms with E-state index in [2.05, 4.69) is 123 Å². The summed E-state index contributed by atoms with van der Waals surface area (Å²) in [5.74, 6) is -1.57. The van der Waals surface area contributed by atoms with E-state index in [-0.39, 0.29) is 42.7 Å². The Morgan fingerprint density at radius 2 is 0.898 bits per heavy atom. The monoisotopic (exact) mass is 821 g/mol. The van der Waals surface area contributed by atoms with Gasteiger partial charge >= 0.3 is 17.9 Å². The highest BCUT2D eigenvalue weighted by Gasteiger charge is 2.31. The number of carbonyl (C=O) groups excluding carboxylic acids is 2. The van der Waals surface area contributed by atoms with Gasteiger partial charge in [-0.05, 0) is 96.3 Å². The fourth-order valence-corrected chi connectivity index (χ4v) is 5.75. The van der Waals surface area contributed by atoms with Crippen LogP contribution in [0.4, 0.5) is 0 Å². The van der Waals surface area contributed by atoms with E-state index in [1.807, 2.05) is 21.1 Å². The van der Waals surface area contributed by atoms with Crippen molar-refractivity contribution >= 4 is 17.9 Å². The number of rotatable bonds is 38. The summed E-state index contributed by atoms with van der Waals surface area (Å²) in [4.78, 5) is 37.0. The summed E-state index contributed by atoms with van der Waals surface area (Å²) < 4.78 is 17.2. The molecule has 1 N–H and O–H groups in total.